The molecule has 0 rings (SSSR count). The average molecular weight is 575 g/mol. The van der Waals surface area contributed by atoms with E-state index in [9.17, 15) is 4.79 Å². The highest BCUT2D eigenvalue weighted by molar-refractivity contribution is 6.92. The van der Waals surface area contributed by atoms with Crippen molar-refractivity contribution in [3.05, 3.63) is 0 Å². The molecular weight excluding hydrogens is 525 g/mol. The van der Waals surface area contributed by atoms with Crippen LogP contribution in [-0.2, 0) is 29.5 Å². The van der Waals surface area contributed by atoms with Crippen LogP contribution in [0.15, 0.2) is 0 Å². The smallest absolute Gasteiger partial charge is 0.417 e. The Hall–Kier alpha value is 0.948. The van der Waals surface area contributed by atoms with Crippen molar-refractivity contribution < 1.29 is 29.5 Å². The van der Waals surface area contributed by atoms with Gasteiger partial charge in [-0.2, -0.15) is 0 Å². The van der Waals surface area contributed by atoms with Crippen molar-refractivity contribution in [3.8, 4) is 0 Å². The number of rotatable bonds is 15. The van der Waals surface area contributed by atoms with Crippen molar-refractivity contribution in [1.82, 2.24) is 0 Å². The molecule has 0 aliphatic rings. The van der Waals surface area contributed by atoms with Gasteiger partial charge in [0.2, 0.25) is 0 Å². The van der Waals surface area contributed by atoms with Crippen LogP contribution in [0.4, 0.5) is 0 Å². The van der Waals surface area contributed by atoms with Gasteiger partial charge in [0.15, 0.2) is 33.3 Å². The van der Waals surface area contributed by atoms with Crippen molar-refractivity contribution in [2.45, 2.75) is 111 Å². The lowest BCUT2D eigenvalue weighted by Crippen LogP contribution is -2.65. The predicted molar refractivity (Wildman–Crippen MR) is 150 cm³/mol. The fourth-order valence-corrected chi connectivity index (χ4v) is 32.9. The molecule has 7 nitrogen and oxygen atoms in total. The van der Waals surface area contributed by atoms with E-state index in [2.05, 4.69) is 78.6 Å². The zero-order valence-corrected chi connectivity index (χ0v) is 30.3. The van der Waals surface area contributed by atoms with Crippen molar-refractivity contribution in [3.63, 3.8) is 0 Å². The Morgan fingerprint density at radius 2 is 0.719 bits per heavy atom. The first-order chi connectivity index (χ1) is 13.8. The molecule has 0 spiro atoms. The van der Waals surface area contributed by atoms with Gasteiger partial charge in [0.1, 0.15) is 6.29 Å². The summed E-state index contributed by atoms with van der Waals surface area (Å²) in [5.41, 5.74) is 0. The van der Waals surface area contributed by atoms with E-state index in [4.69, 9.17) is 24.7 Å². The van der Waals surface area contributed by atoms with Crippen LogP contribution < -0.4 is 0 Å². The molecule has 0 fully saturated rings. The first-order valence-corrected chi connectivity index (χ1v) is 32.1. The van der Waals surface area contributed by atoms with E-state index >= 15 is 0 Å². The second kappa shape index (κ2) is 11.3. The first kappa shape index (κ1) is 32.9. The van der Waals surface area contributed by atoms with E-state index in [-0.39, 0.29) is 0 Å². The van der Waals surface area contributed by atoms with Gasteiger partial charge >= 0.3 is 26.2 Å². The molecule has 0 unspecified atom stereocenters. The van der Waals surface area contributed by atoms with Gasteiger partial charge in [-0.15, -0.1) is 0 Å². The first-order valence-electron chi connectivity index (χ1n) is 11.4. The van der Waals surface area contributed by atoms with Gasteiger partial charge in [-0.3, -0.25) is 0 Å². The average Bonchev–Trinajstić information content (AvgIpc) is 2.34. The largest absolute Gasteiger partial charge is 0.467 e. The standard InChI is InChI=1S/C18H50O7Si7/c1-26(2,3)20-31(14,21-27(4,5)6)24-30(13,18-16-17-19)25-32(15,22-28(7,8)9)23-29(10,11)12/h17H,16,18H2,1-15H3. The molecule has 0 amide bonds. The number of carbonyl (C=O) groups excluding carboxylic acids is 1. The van der Waals surface area contributed by atoms with Gasteiger partial charge in [0.25, 0.3) is 0 Å². The minimum absolute atomic E-state index is 0.359. The molecule has 192 valence electrons. The Labute approximate surface area is 205 Å². The SMILES string of the molecule is C[Si](C)(C)O[Si](C)(O[Si](C)(C)C)O[Si](C)(CCC=O)O[Si](C)(O[Si](C)(C)C)O[Si](C)(C)C. The zero-order valence-electron chi connectivity index (χ0n) is 23.3. The molecule has 32 heavy (non-hydrogen) atoms. The summed E-state index contributed by atoms with van der Waals surface area (Å²) in [7, 11) is -16.9. The van der Waals surface area contributed by atoms with Crippen LogP contribution in [0.2, 0.25) is 104 Å². The molecule has 0 saturated carbocycles. The Morgan fingerprint density at radius 1 is 0.469 bits per heavy atom. The van der Waals surface area contributed by atoms with Crippen LogP contribution in [0, 0.1) is 0 Å². The van der Waals surface area contributed by atoms with Crippen LogP contribution in [0.5, 0.6) is 0 Å². The van der Waals surface area contributed by atoms with Crippen molar-refractivity contribution in [1.29, 1.82) is 0 Å². The summed E-state index contributed by atoms with van der Waals surface area (Å²) in [5.74, 6) is 0. The molecule has 0 radical (unpaired) electrons. The molecule has 0 atom stereocenters. The van der Waals surface area contributed by atoms with E-state index in [0.717, 1.165) is 6.29 Å². The lowest BCUT2D eigenvalue weighted by atomic mass is 10.6. The van der Waals surface area contributed by atoms with Gasteiger partial charge in [-0.1, -0.05) is 0 Å². The number of carbonyl (C=O) groups is 1. The summed E-state index contributed by atoms with van der Waals surface area (Å²) < 4.78 is 40.0. The molecule has 14 heteroatoms. The quantitative estimate of drug-likeness (QED) is 0.170. The van der Waals surface area contributed by atoms with Gasteiger partial charge in [-0.25, -0.2) is 0 Å². The highest BCUT2D eigenvalue weighted by atomic mass is 28.5. The highest BCUT2D eigenvalue weighted by Crippen LogP contribution is 2.32. The maximum Gasteiger partial charge on any atom is 0.467 e. The topological polar surface area (TPSA) is 72.5 Å². The molecule has 0 aromatic heterocycles. The second-order valence-electron chi connectivity index (χ2n) is 12.6. The minimum Gasteiger partial charge on any atom is -0.417 e. The minimum atomic E-state index is -3.04. The molecule has 0 aliphatic carbocycles. The van der Waals surface area contributed by atoms with Gasteiger partial charge < -0.3 is 29.5 Å². The van der Waals surface area contributed by atoms with Gasteiger partial charge in [-0.05, 0) is 91.2 Å². The second-order valence-corrected chi connectivity index (χ2v) is 40.6. The fraction of sp³-hybridized carbons (Fsp3) is 0.944. The predicted octanol–water partition coefficient (Wildman–Crippen LogP) is 6.22. The van der Waals surface area contributed by atoms with Gasteiger partial charge in [0.05, 0.1) is 0 Å². The number of hydrogen-bond acceptors (Lipinski definition) is 7. The molecule has 0 N–H and O–H groups in total. The lowest BCUT2D eigenvalue weighted by Gasteiger charge is -2.46. The van der Waals surface area contributed by atoms with Gasteiger partial charge in [0, 0.05) is 19.5 Å². The summed E-state index contributed by atoms with van der Waals surface area (Å²) in [4.78, 5) is 11.3. The summed E-state index contributed by atoms with van der Waals surface area (Å²) >= 11 is 0. The summed E-state index contributed by atoms with van der Waals surface area (Å²) in [6.45, 7) is 31.7. The van der Waals surface area contributed by atoms with Crippen LogP contribution in [0.3, 0.4) is 0 Å². The van der Waals surface area contributed by atoms with E-state index in [0.29, 0.717) is 12.5 Å². The monoisotopic (exact) mass is 574 g/mol. The normalized spacial score (nSPS) is 15.2. The summed E-state index contributed by atoms with van der Waals surface area (Å²) in [6, 6.07) is 0.510. The fourth-order valence-electron chi connectivity index (χ4n) is 3.58. The third-order valence-electron chi connectivity index (χ3n) is 3.49. The molecular formula is C18H50O7Si7. The molecule has 0 aromatic rings. The van der Waals surface area contributed by atoms with Crippen LogP contribution >= 0.6 is 0 Å². The third-order valence-corrected chi connectivity index (χ3v) is 26.8. The number of hydrogen-bond donors (Lipinski definition) is 0. The molecule has 0 bridgehead atoms. The van der Waals surface area contributed by atoms with E-state index in [1.54, 1.807) is 0 Å². The van der Waals surface area contributed by atoms with Crippen molar-refractivity contribution >= 4 is 65.7 Å². The van der Waals surface area contributed by atoms with E-state index in [1.807, 2.05) is 19.6 Å². The Balaban J connectivity index is 6.27. The maximum atomic E-state index is 11.3. The van der Waals surface area contributed by atoms with Crippen molar-refractivity contribution in [2.24, 2.45) is 0 Å². The van der Waals surface area contributed by atoms with Crippen LogP contribution in [0.25, 0.3) is 0 Å². The van der Waals surface area contributed by atoms with Crippen LogP contribution in [0.1, 0.15) is 6.42 Å². The number of aldehydes is 1. The maximum absolute atomic E-state index is 11.3. The van der Waals surface area contributed by atoms with E-state index < -0.39 is 59.4 Å². The molecule has 0 saturated heterocycles. The molecule has 0 aromatic carbocycles. The Bertz CT molecular complexity index is 531. The Kier molecular flexibility index (Phi) is 11.7. The van der Waals surface area contributed by atoms with Crippen LogP contribution in [-0.4, -0.2) is 65.7 Å². The zero-order chi connectivity index (χ0) is 25.9. The molecule has 0 aliphatic heterocycles. The lowest BCUT2D eigenvalue weighted by molar-refractivity contribution is -0.107. The summed E-state index contributed by atoms with van der Waals surface area (Å²) in [5, 5.41) is 0. The highest BCUT2D eigenvalue weighted by Gasteiger charge is 2.54. The van der Waals surface area contributed by atoms with Crippen molar-refractivity contribution in [2.75, 3.05) is 0 Å². The Morgan fingerprint density at radius 3 is 0.906 bits per heavy atom. The molecule has 0 heterocycles. The summed E-state index contributed by atoms with van der Waals surface area (Å²) in [6.07, 6.45) is 1.28. The third kappa shape index (κ3) is 15.8. The van der Waals surface area contributed by atoms with E-state index in [1.165, 1.54) is 0 Å².